The van der Waals surface area contributed by atoms with E-state index in [4.69, 9.17) is 9.40 Å². The minimum atomic E-state index is 0.158. The number of imidazole rings is 1. The van der Waals surface area contributed by atoms with Gasteiger partial charge in [0.15, 0.2) is 5.65 Å². The largest absolute Gasteiger partial charge is 0.448 e. The lowest BCUT2D eigenvalue weighted by Crippen LogP contribution is -2.13. The van der Waals surface area contributed by atoms with Gasteiger partial charge in [0.2, 0.25) is 5.88 Å². The van der Waals surface area contributed by atoms with Crippen molar-refractivity contribution in [3.63, 3.8) is 0 Å². The number of rotatable bonds is 2. The van der Waals surface area contributed by atoms with Crippen molar-refractivity contribution in [1.82, 2.24) is 14.5 Å². The summed E-state index contributed by atoms with van der Waals surface area (Å²) in [6.07, 6.45) is 4.32. The number of hydrogen-bond acceptors (Lipinski definition) is 3. The Kier molecular flexibility index (Phi) is 2.66. The Morgan fingerprint density at radius 3 is 2.74 bits per heavy atom. The quantitative estimate of drug-likeness (QED) is 0.702. The lowest BCUT2D eigenvalue weighted by Gasteiger charge is -2.17. The zero-order valence-electron chi connectivity index (χ0n) is 11.4. The van der Waals surface area contributed by atoms with E-state index < -0.39 is 0 Å². The number of nitrogens with zero attached hydrogens (tertiary/aromatic N) is 3. The van der Waals surface area contributed by atoms with Crippen molar-refractivity contribution in [1.29, 1.82) is 0 Å². The molecule has 0 bridgehead atoms. The summed E-state index contributed by atoms with van der Waals surface area (Å²) in [5.74, 6) is 1.75. The molecule has 0 N–H and O–H groups in total. The first-order valence-electron chi connectivity index (χ1n) is 6.41. The van der Waals surface area contributed by atoms with Crippen LogP contribution in [-0.2, 0) is 6.42 Å². The van der Waals surface area contributed by atoms with Gasteiger partial charge in [-0.1, -0.05) is 20.8 Å². The molecular weight excluding hydrogens is 238 g/mol. The highest BCUT2D eigenvalue weighted by molar-refractivity contribution is 5.73. The Morgan fingerprint density at radius 1 is 1.21 bits per heavy atom. The second-order valence-electron chi connectivity index (χ2n) is 5.90. The van der Waals surface area contributed by atoms with E-state index in [2.05, 4.69) is 25.8 Å². The Bertz CT molecular complexity index is 690. The molecule has 0 spiro atoms. The molecule has 0 aliphatic heterocycles. The summed E-state index contributed by atoms with van der Waals surface area (Å²) >= 11 is 0. The second-order valence-corrected chi connectivity index (χ2v) is 5.90. The van der Waals surface area contributed by atoms with Crippen molar-refractivity contribution in [2.75, 3.05) is 0 Å². The molecule has 3 heterocycles. The van der Waals surface area contributed by atoms with Crippen LogP contribution in [0.25, 0.3) is 17.0 Å². The lowest BCUT2D eigenvalue weighted by atomic mass is 9.92. The standard InChI is InChI=1S/C15H17N3O/c1-15(2,3)10-12-17-11-6-4-8-16-14(11)18(12)13-7-5-9-19-13/h4-9H,10H2,1-3H3. The Balaban J connectivity index is 2.23. The summed E-state index contributed by atoms with van der Waals surface area (Å²) in [7, 11) is 0. The smallest absolute Gasteiger partial charge is 0.206 e. The van der Waals surface area contributed by atoms with Crippen LogP contribution in [0.3, 0.4) is 0 Å². The van der Waals surface area contributed by atoms with Gasteiger partial charge in [0, 0.05) is 18.7 Å². The second kappa shape index (κ2) is 4.23. The van der Waals surface area contributed by atoms with Gasteiger partial charge in [-0.15, -0.1) is 0 Å². The van der Waals surface area contributed by atoms with Crippen LogP contribution in [-0.4, -0.2) is 14.5 Å². The topological polar surface area (TPSA) is 43.9 Å². The number of pyridine rings is 1. The van der Waals surface area contributed by atoms with E-state index in [0.29, 0.717) is 0 Å². The van der Waals surface area contributed by atoms with Crippen LogP contribution in [0, 0.1) is 5.41 Å². The zero-order valence-corrected chi connectivity index (χ0v) is 11.4. The van der Waals surface area contributed by atoms with Crippen LogP contribution < -0.4 is 0 Å². The maximum atomic E-state index is 5.52. The third kappa shape index (κ3) is 2.26. The minimum absolute atomic E-state index is 0.158. The summed E-state index contributed by atoms with van der Waals surface area (Å²) in [6, 6.07) is 7.70. The molecule has 0 atom stereocenters. The fourth-order valence-corrected chi connectivity index (χ4v) is 2.18. The molecule has 0 saturated carbocycles. The van der Waals surface area contributed by atoms with Crippen molar-refractivity contribution >= 4 is 11.2 Å². The van der Waals surface area contributed by atoms with E-state index in [1.165, 1.54) is 0 Å². The summed E-state index contributed by atoms with van der Waals surface area (Å²) < 4.78 is 7.52. The fraction of sp³-hybridized carbons (Fsp3) is 0.333. The molecule has 4 heteroatoms. The van der Waals surface area contributed by atoms with Gasteiger partial charge in [0.25, 0.3) is 0 Å². The van der Waals surface area contributed by atoms with Crippen LogP contribution in [0.2, 0.25) is 0 Å². The highest BCUT2D eigenvalue weighted by Gasteiger charge is 2.20. The monoisotopic (exact) mass is 255 g/mol. The maximum Gasteiger partial charge on any atom is 0.206 e. The van der Waals surface area contributed by atoms with Gasteiger partial charge in [0.05, 0.1) is 6.26 Å². The van der Waals surface area contributed by atoms with Gasteiger partial charge in [-0.3, -0.25) is 0 Å². The van der Waals surface area contributed by atoms with Gasteiger partial charge >= 0.3 is 0 Å². The van der Waals surface area contributed by atoms with Crippen molar-refractivity contribution < 1.29 is 4.42 Å². The molecule has 3 aromatic heterocycles. The molecule has 0 amide bonds. The number of furan rings is 1. The van der Waals surface area contributed by atoms with E-state index in [0.717, 1.165) is 29.3 Å². The van der Waals surface area contributed by atoms with Gasteiger partial charge in [-0.25, -0.2) is 14.5 Å². The van der Waals surface area contributed by atoms with Gasteiger partial charge < -0.3 is 4.42 Å². The van der Waals surface area contributed by atoms with Crippen LogP contribution in [0.4, 0.5) is 0 Å². The third-order valence-electron chi connectivity index (χ3n) is 2.90. The molecule has 19 heavy (non-hydrogen) atoms. The molecule has 0 aliphatic rings. The third-order valence-corrected chi connectivity index (χ3v) is 2.90. The molecule has 0 fully saturated rings. The van der Waals surface area contributed by atoms with Crippen LogP contribution in [0.5, 0.6) is 0 Å². The first kappa shape index (κ1) is 12.0. The van der Waals surface area contributed by atoms with Crippen molar-refractivity contribution in [3.8, 4) is 5.88 Å². The molecule has 0 aliphatic carbocycles. The Morgan fingerprint density at radius 2 is 2.05 bits per heavy atom. The van der Waals surface area contributed by atoms with E-state index in [9.17, 15) is 0 Å². The van der Waals surface area contributed by atoms with E-state index >= 15 is 0 Å². The van der Waals surface area contributed by atoms with Gasteiger partial charge in [-0.2, -0.15) is 0 Å². The van der Waals surface area contributed by atoms with E-state index in [1.807, 2.05) is 28.8 Å². The molecule has 0 radical (unpaired) electrons. The Labute approximate surface area is 112 Å². The van der Waals surface area contributed by atoms with Crippen LogP contribution >= 0.6 is 0 Å². The summed E-state index contributed by atoms with van der Waals surface area (Å²) in [6.45, 7) is 6.60. The summed E-state index contributed by atoms with van der Waals surface area (Å²) in [5, 5.41) is 0. The molecular formula is C15H17N3O. The molecule has 4 nitrogen and oxygen atoms in total. The molecule has 3 rings (SSSR count). The van der Waals surface area contributed by atoms with Gasteiger partial charge in [-0.05, 0) is 23.6 Å². The molecule has 0 saturated heterocycles. The maximum absolute atomic E-state index is 5.52. The van der Waals surface area contributed by atoms with Crippen LogP contribution in [0.1, 0.15) is 26.6 Å². The van der Waals surface area contributed by atoms with E-state index in [-0.39, 0.29) is 5.41 Å². The molecule has 98 valence electrons. The van der Waals surface area contributed by atoms with E-state index in [1.54, 1.807) is 12.5 Å². The van der Waals surface area contributed by atoms with Crippen molar-refractivity contribution in [3.05, 3.63) is 42.5 Å². The fourth-order valence-electron chi connectivity index (χ4n) is 2.18. The highest BCUT2D eigenvalue weighted by Crippen LogP contribution is 2.26. The minimum Gasteiger partial charge on any atom is -0.448 e. The zero-order chi connectivity index (χ0) is 13.5. The predicted octanol–water partition coefficient (Wildman–Crippen LogP) is 3.60. The molecule has 0 aromatic carbocycles. The summed E-state index contributed by atoms with van der Waals surface area (Å²) in [4.78, 5) is 9.12. The van der Waals surface area contributed by atoms with Crippen molar-refractivity contribution in [2.24, 2.45) is 5.41 Å². The number of aromatic nitrogens is 3. The highest BCUT2D eigenvalue weighted by atomic mass is 16.3. The van der Waals surface area contributed by atoms with Crippen LogP contribution in [0.15, 0.2) is 41.1 Å². The summed E-state index contributed by atoms with van der Waals surface area (Å²) in [5.41, 5.74) is 1.90. The first-order chi connectivity index (χ1) is 9.04. The normalized spacial score (nSPS) is 12.2. The molecule has 3 aromatic rings. The molecule has 0 unspecified atom stereocenters. The average Bonchev–Trinajstić information content (AvgIpc) is 2.92. The predicted molar refractivity (Wildman–Crippen MR) is 74.3 cm³/mol. The number of hydrogen-bond donors (Lipinski definition) is 0. The van der Waals surface area contributed by atoms with Crippen molar-refractivity contribution in [2.45, 2.75) is 27.2 Å². The first-order valence-corrected chi connectivity index (χ1v) is 6.41. The van der Waals surface area contributed by atoms with Gasteiger partial charge in [0.1, 0.15) is 11.3 Å². The Hall–Kier alpha value is -2.10. The number of fused-ring (bicyclic) bond motifs is 1. The average molecular weight is 255 g/mol. The SMILES string of the molecule is CC(C)(C)Cc1nc2cccnc2n1-c1ccco1. The lowest BCUT2D eigenvalue weighted by molar-refractivity contribution is 0.395.